The zero-order chi connectivity index (χ0) is 27.5. The zero-order valence-electron chi connectivity index (χ0n) is 22.7. The molecule has 0 amide bonds. The van der Waals surface area contributed by atoms with Crippen LogP contribution in [0.15, 0.2) is 100 Å². The summed E-state index contributed by atoms with van der Waals surface area (Å²) in [6.07, 6.45) is 7.18. The van der Waals surface area contributed by atoms with Crippen LogP contribution in [0.1, 0.15) is 55.2 Å². The summed E-state index contributed by atoms with van der Waals surface area (Å²) >= 11 is 0. The van der Waals surface area contributed by atoms with Crippen LogP contribution in [0, 0.1) is 5.92 Å². The molecule has 0 spiro atoms. The summed E-state index contributed by atoms with van der Waals surface area (Å²) in [5.41, 5.74) is 10.6. The van der Waals surface area contributed by atoms with E-state index in [1.54, 1.807) is 12.1 Å². The van der Waals surface area contributed by atoms with Gasteiger partial charge in [-0.15, -0.1) is 0 Å². The lowest BCUT2D eigenvalue weighted by atomic mass is 9.90. The molecule has 0 radical (unpaired) electrons. The number of allylic oxidation sites excluding steroid dienone is 2. The number of hydrogen-bond acceptors (Lipinski definition) is 6. The first-order valence-electron chi connectivity index (χ1n) is 13.9. The number of carboxylic acids is 1. The maximum Gasteiger partial charge on any atom is 0.328 e. The fourth-order valence-corrected chi connectivity index (χ4v) is 5.28. The number of aliphatic imine (C=N–C) groups is 1. The van der Waals surface area contributed by atoms with Gasteiger partial charge >= 0.3 is 5.97 Å². The van der Waals surface area contributed by atoms with Crippen LogP contribution in [0.2, 0.25) is 0 Å². The van der Waals surface area contributed by atoms with Gasteiger partial charge in [0.05, 0.1) is 6.26 Å². The van der Waals surface area contributed by atoms with Crippen LogP contribution < -0.4 is 11.1 Å². The number of hydrogen-bond donors (Lipinski definition) is 3. The predicted molar refractivity (Wildman–Crippen MR) is 156 cm³/mol. The monoisotopic (exact) mass is 528 g/mol. The Morgan fingerprint density at radius 3 is 2.41 bits per heavy atom. The van der Waals surface area contributed by atoms with Crippen molar-refractivity contribution in [1.82, 2.24) is 10.2 Å². The summed E-state index contributed by atoms with van der Waals surface area (Å²) in [6, 6.07) is 22.7. The third-order valence-electron chi connectivity index (χ3n) is 7.31. The van der Waals surface area contributed by atoms with Gasteiger partial charge in [0, 0.05) is 36.3 Å². The molecule has 1 aromatic heterocycles. The van der Waals surface area contributed by atoms with Crippen molar-refractivity contribution < 1.29 is 14.3 Å². The second-order valence-electron chi connectivity index (χ2n) is 10.1. The van der Waals surface area contributed by atoms with E-state index in [1.165, 1.54) is 11.8 Å². The van der Waals surface area contributed by atoms with E-state index in [-0.39, 0.29) is 6.04 Å². The van der Waals surface area contributed by atoms with Gasteiger partial charge in [-0.05, 0) is 75.2 Å². The molecule has 2 atom stereocenters. The first-order chi connectivity index (χ1) is 19.0. The molecule has 4 rings (SSSR count). The number of nitrogens with one attached hydrogen (secondary N) is 1. The van der Waals surface area contributed by atoms with Crippen LogP contribution in [0.25, 0.3) is 0 Å². The summed E-state index contributed by atoms with van der Waals surface area (Å²) in [7, 11) is 0. The second-order valence-corrected chi connectivity index (χ2v) is 10.1. The zero-order valence-corrected chi connectivity index (χ0v) is 22.7. The molecule has 3 aromatic rings. The molecule has 2 aromatic carbocycles. The number of nitrogens with zero attached hydrogens (tertiary/aromatic N) is 2. The quantitative estimate of drug-likeness (QED) is 0.257. The highest BCUT2D eigenvalue weighted by Crippen LogP contribution is 2.26. The second kappa shape index (κ2) is 14.5. The highest BCUT2D eigenvalue weighted by molar-refractivity contribution is 5.97. The van der Waals surface area contributed by atoms with Gasteiger partial charge in [0.2, 0.25) is 0 Å². The lowest BCUT2D eigenvalue weighted by molar-refractivity contribution is -0.140. The smallest absolute Gasteiger partial charge is 0.328 e. The molecule has 2 heterocycles. The minimum absolute atomic E-state index is 0.118. The van der Waals surface area contributed by atoms with Gasteiger partial charge in [0.1, 0.15) is 5.76 Å². The SMILES string of the molecule is CCN=C(C=C(N)Cc1ccccc1)C1CCN(CC[C@H](NC(C(=O)O)c2ccco2)c2ccccc2)CC1. The number of rotatable bonds is 13. The standard InChI is InChI=1S/C32H40N4O3/c1-2-34-29(23-27(33)22-24-10-5-3-6-11-24)26-15-18-36(19-16-26)20-17-28(25-12-7-4-8-13-25)35-31(32(37)38)30-14-9-21-39-30/h3-14,21,23,26,28,31,35H,2,15-20,22,33H2,1H3,(H,37,38)/t28-,31?/m0/s1. The predicted octanol–water partition coefficient (Wildman–Crippen LogP) is 5.38. The minimum atomic E-state index is -0.950. The van der Waals surface area contributed by atoms with E-state index in [0.717, 1.165) is 68.8 Å². The van der Waals surface area contributed by atoms with E-state index in [1.807, 2.05) is 48.5 Å². The van der Waals surface area contributed by atoms with E-state index >= 15 is 0 Å². The van der Waals surface area contributed by atoms with Crippen LogP contribution in [0.4, 0.5) is 0 Å². The number of likely N-dealkylation sites (tertiary alicyclic amines) is 1. The molecule has 1 aliphatic rings. The number of piperidine rings is 1. The number of nitrogens with two attached hydrogens (primary N) is 1. The van der Waals surface area contributed by atoms with Crippen molar-refractivity contribution in [3.05, 3.63) is 108 Å². The molecule has 1 aliphatic heterocycles. The Kier molecular flexibility index (Phi) is 10.5. The molecular weight excluding hydrogens is 488 g/mol. The first kappa shape index (κ1) is 28.3. The topological polar surface area (TPSA) is 104 Å². The molecule has 1 unspecified atom stereocenters. The van der Waals surface area contributed by atoms with Gasteiger partial charge in [-0.1, -0.05) is 60.7 Å². The minimum Gasteiger partial charge on any atom is -0.480 e. The lowest BCUT2D eigenvalue weighted by Crippen LogP contribution is -2.39. The molecule has 1 saturated heterocycles. The summed E-state index contributed by atoms with van der Waals surface area (Å²) in [5, 5.41) is 13.2. The van der Waals surface area contributed by atoms with E-state index in [2.05, 4.69) is 35.3 Å². The number of furan rings is 1. The summed E-state index contributed by atoms with van der Waals surface area (Å²) in [4.78, 5) is 19.3. The highest BCUT2D eigenvalue weighted by atomic mass is 16.4. The summed E-state index contributed by atoms with van der Waals surface area (Å²) in [6.45, 7) is 5.63. The normalized spacial score (nSPS) is 17.2. The number of aliphatic carboxylic acids is 1. The van der Waals surface area contributed by atoms with Crippen molar-refractivity contribution in [2.45, 2.75) is 44.7 Å². The third-order valence-corrected chi connectivity index (χ3v) is 7.31. The van der Waals surface area contributed by atoms with Crippen molar-refractivity contribution in [2.75, 3.05) is 26.2 Å². The fraction of sp³-hybridized carbons (Fsp3) is 0.375. The largest absolute Gasteiger partial charge is 0.480 e. The molecule has 1 fully saturated rings. The maximum absolute atomic E-state index is 12.0. The van der Waals surface area contributed by atoms with E-state index < -0.39 is 12.0 Å². The molecule has 39 heavy (non-hydrogen) atoms. The summed E-state index contributed by atoms with van der Waals surface area (Å²) in [5.74, 6) is -0.144. The Bertz CT molecular complexity index is 1200. The van der Waals surface area contributed by atoms with Crippen LogP contribution in [-0.2, 0) is 11.2 Å². The number of carboxylic acid groups (broad SMARTS) is 1. The Balaban J connectivity index is 1.36. The molecule has 206 valence electrons. The van der Waals surface area contributed by atoms with E-state index in [4.69, 9.17) is 15.1 Å². The Morgan fingerprint density at radius 2 is 1.79 bits per heavy atom. The van der Waals surface area contributed by atoms with Gasteiger partial charge in [-0.3, -0.25) is 15.1 Å². The van der Waals surface area contributed by atoms with Gasteiger partial charge in [-0.25, -0.2) is 0 Å². The molecule has 7 heteroatoms. The summed E-state index contributed by atoms with van der Waals surface area (Å²) < 4.78 is 5.42. The van der Waals surface area contributed by atoms with Gasteiger partial charge in [-0.2, -0.15) is 0 Å². The molecule has 7 nitrogen and oxygen atoms in total. The maximum atomic E-state index is 12.0. The number of carbonyl (C=O) groups is 1. The van der Waals surface area contributed by atoms with Gasteiger partial charge in [0.15, 0.2) is 6.04 Å². The van der Waals surface area contributed by atoms with Crippen molar-refractivity contribution in [1.29, 1.82) is 0 Å². The first-order valence-corrected chi connectivity index (χ1v) is 13.9. The van der Waals surface area contributed by atoms with Gasteiger partial charge in [0.25, 0.3) is 0 Å². The van der Waals surface area contributed by atoms with Crippen LogP contribution in [0.3, 0.4) is 0 Å². The van der Waals surface area contributed by atoms with Crippen LogP contribution >= 0.6 is 0 Å². The Labute approximate surface area is 231 Å². The third kappa shape index (κ3) is 8.40. The number of benzene rings is 2. The van der Waals surface area contributed by atoms with Crippen molar-refractivity contribution in [3.8, 4) is 0 Å². The fourth-order valence-electron chi connectivity index (χ4n) is 5.28. The Morgan fingerprint density at radius 1 is 1.10 bits per heavy atom. The van der Waals surface area contributed by atoms with Crippen molar-refractivity contribution >= 4 is 11.7 Å². The Hall–Kier alpha value is -3.68. The van der Waals surface area contributed by atoms with E-state index in [9.17, 15) is 9.90 Å². The lowest BCUT2D eigenvalue weighted by Gasteiger charge is -2.33. The van der Waals surface area contributed by atoms with Crippen molar-refractivity contribution in [2.24, 2.45) is 16.6 Å². The van der Waals surface area contributed by atoms with Crippen LogP contribution in [0.5, 0.6) is 0 Å². The van der Waals surface area contributed by atoms with Crippen LogP contribution in [-0.4, -0.2) is 47.9 Å². The average Bonchev–Trinajstić information content (AvgIpc) is 3.49. The van der Waals surface area contributed by atoms with Gasteiger partial charge < -0.3 is 20.2 Å². The highest BCUT2D eigenvalue weighted by Gasteiger charge is 2.28. The van der Waals surface area contributed by atoms with Crippen molar-refractivity contribution in [3.63, 3.8) is 0 Å². The molecule has 0 saturated carbocycles. The molecule has 4 N–H and O–H groups in total. The van der Waals surface area contributed by atoms with E-state index in [0.29, 0.717) is 11.7 Å². The molecule has 0 bridgehead atoms. The molecule has 0 aliphatic carbocycles. The molecular formula is C32H40N4O3. The average molecular weight is 529 g/mol.